The minimum Gasteiger partial charge on any atom is -0.504 e. The second kappa shape index (κ2) is 8.07. The summed E-state index contributed by atoms with van der Waals surface area (Å²) in [5.74, 6) is 0.895. The number of hydrogen-bond donors (Lipinski definition) is 3. The van der Waals surface area contributed by atoms with Gasteiger partial charge in [0.05, 0.1) is 0 Å². The van der Waals surface area contributed by atoms with Gasteiger partial charge in [-0.25, -0.2) is 0 Å². The molecule has 5 nitrogen and oxygen atoms in total. The molecule has 0 heterocycles. The minimum atomic E-state index is -0.181. The maximum Gasteiger partial charge on any atom is 0.251 e. The van der Waals surface area contributed by atoms with Crippen molar-refractivity contribution in [3.05, 3.63) is 83.9 Å². The number of benzene rings is 3. The summed E-state index contributed by atoms with van der Waals surface area (Å²) in [6.45, 7) is 0.422. The number of para-hydroxylation sites is 1. The van der Waals surface area contributed by atoms with Crippen LogP contribution >= 0.6 is 0 Å². The van der Waals surface area contributed by atoms with Gasteiger partial charge in [-0.2, -0.15) is 0 Å². The maximum atomic E-state index is 12.2. The van der Waals surface area contributed by atoms with Gasteiger partial charge < -0.3 is 20.3 Å². The smallest absolute Gasteiger partial charge is 0.251 e. The number of phenols is 2. The molecule has 0 aromatic heterocycles. The highest BCUT2D eigenvalue weighted by atomic mass is 16.5. The lowest BCUT2D eigenvalue weighted by atomic mass is 10.1. The van der Waals surface area contributed by atoms with Crippen LogP contribution in [0.4, 0.5) is 0 Å². The van der Waals surface area contributed by atoms with Crippen LogP contribution in [0.1, 0.15) is 15.9 Å². The average molecular weight is 349 g/mol. The summed E-state index contributed by atoms with van der Waals surface area (Å²) < 4.78 is 5.70. The van der Waals surface area contributed by atoms with E-state index in [1.807, 2.05) is 30.3 Å². The quantitative estimate of drug-likeness (QED) is 0.591. The fourth-order valence-electron chi connectivity index (χ4n) is 2.45. The van der Waals surface area contributed by atoms with E-state index >= 15 is 0 Å². The number of ether oxygens (including phenoxy) is 1. The number of nitrogens with one attached hydrogen (secondary N) is 1. The highest BCUT2D eigenvalue weighted by molar-refractivity contribution is 5.94. The van der Waals surface area contributed by atoms with Crippen molar-refractivity contribution in [1.29, 1.82) is 0 Å². The Labute approximate surface area is 151 Å². The Morgan fingerprint density at radius 2 is 1.54 bits per heavy atom. The first kappa shape index (κ1) is 17.4. The predicted molar refractivity (Wildman–Crippen MR) is 98.8 cm³/mol. The second-order valence-electron chi connectivity index (χ2n) is 5.77. The molecule has 3 rings (SSSR count). The van der Waals surface area contributed by atoms with Crippen molar-refractivity contribution in [2.75, 3.05) is 6.54 Å². The first-order chi connectivity index (χ1) is 12.6. The molecule has 0 aliphatic heterocycles. The van der Waals surface area contributed by atoms with Crippen molar-refractivity contribution in [2.45, 2.75) is 6.42 Å². The molecule has 3 N–H and O–H groups in total. The van der Waals surface area contributed by atoms with E-state index in [4.69, 9.17) is 4.74 Å². The second-order valence-corrected chi connectivity index (χ2v) is 5.77. The van der Waals surface area contributed by atoms with Crippen LogP contribution in [0.25, 0.3) is 0 Å². The third-order valence-corrected chi connectivity index (χ3v) is 3.83. The molecule has 3 aromatic rings. The van der Waals surface area contributed by atoms with Crippen molar-refractivity contribution in [2.24, 2.45) is 0 Å². The van der Waals surface area contributed by atoms with Crippen molar-refractivity contribution in [1.82, 2.24) is 5.32 Å². The summed E-state index contributed by atoms with van der Waals surface area (Å²) in [5.41, 5.74) is 1.37. The summed E-state index contributed by atoms with van der Waals surface area (Å²) in [7, 11) is 0. The van der Waals surface area contributed by atoms with Crippen LogP contribution < -0.4 is 10.1 Å². The fourth-order valence-corrected chi connectivity index (χ4v) is 2.45. The van der Waals surface area contributed by atoms with Gasteiger partial charge in [-0.3, -0.25) is 4.79 Å². The maximum absolute atomic E-state index is 12.2. The third kappa shape index (κ3) is 4.54. The number of hydrogen-bond acceptors (Lipinski definition) is 4. The van der Waals surface area contributed by atoms with E-state index in [-0.39, 0.29) is 17.4 Å². The van der Waals surface area contributed by atoms with Crippen LogP contribution in [0.5, 0.6) is 23.0 Å². The molecular weight excluding hydrogens is 330 g/mol. The van der Waals surface area contributed by atoms with Gasteiger partial charge in [0.25, 0.3) is 5.91 Å². The van der Waals surface area contributed by atoms with Crippen LogP contribution in [-0.2, 0) is 6.42 Å². The lowest BCUT2D eigenvalue weighted by Gasteiger charge is -2.08. The Morgan fingerprint density at radius 1 is 0.846 bits per heavy atom. The number of aromatic hydroxyl groups is 2. The van der Waals surface area contributed by atoms with Gasteiger partial charge in [0.15, 0.2) is 11.5 Å². The zero-order chi connectivity index (χ0) is 18.4. The molecule has 0 bridgehead atoms. The first-order valence-electron chi connectivity index (χ1n) is 8.24. The number of rotatable bonds is 6. The molecule has 0 unspecified atom stereocenters. The summed E-state index contributed by atoms with van der Waals surface area (Å²) in [4.78, 5) is 12.2. The van der Waals surface area contributed by atoms with E-state index in [2.05, 4.69) is 5.32 Å². The Morgan fingerprint density at radius 3 is 2.23 bits per heavy atom. The number of amides is 1. The van der Waals surface area contributed by atoms with Crippen molar-refractivity contribution < 1.29 is 19.7 Å². The predicted octanol–water partition coefficient (Wildman–Crippen LogP) is 3.86. The molecule has 1 amide bonds. The molecule has 5 heteroatoms. The zero-order valence-electron chi connectivity index (χ0n) is 14.1. The van der Waals surface area contributed by atoms with E-state index in [1.54, 1.807) is 30.3 Å². The molecule has 0 saturated heterocycles. The van der Waals surface area contributed by atoms with Crippen LogP contribution in [0.2, 0.25) is 0 Å². The standard InChI is InChI=1S/C21H19NO4/c23-19-11-6-15(14-20(19)24)12-13-22-21(25)16-7-9-18(10-8-16)26-17-4-2-1-3-5-17/h1-11,14,23-24H,12-13H2,(H,22,25). The van der Waals surface area contributed by atoms with Gasteiger partial charge in [-0.1, -0.05) is 24.3 Å². The van der Waals surface area contributed by atoms with Crippen LogP contribution in [-0.4, -0.2) is 22.7 Å². The molecule has 0 radical (unpaired) electrons. The molecular formula is C21H19NO4. The number of phenolic OH excluding ortho intramolecular Hbond substituents is 2. The molecule has 132 valence electrons. The Balaban J connectivity index is 1.52. The first-order valence-corrected chi connectivity index (χ1v) is 8.24. The highest BCUT2D eigenvalue weighted by Gasteiger charge is 2.06. The van der Waals surface area contributed by atoms with Crippen molar-refractivity contribution in [3.8, 4) is 23.0 Å². The van der Waals surface area contributed by atoms with E-state index in [9.17, 15) is 15.0 Å². The minimum absolute atomic E-state index is 0.157. The van der Waals surface area contributed by atoms with Gasteiger partial charge in [-0.05, 0) is 60.5 Å². The molecule has 0 spiro atoms. The lowest BCUT2D eigenvalue weighted by molar-refractivity contribution is 0.0954. The molecule has 26 heavy (non-hydrogen) atoms. The summed E-state index contributed by atoms with van der Waals surface area (Å²) >= 11 is 0. The van der Waals surface area contributed by atoms with Gasteiger partial charge in [0.2, 0.25) is 0 Å². The Bertz CT molecular complexity index is 876. The van der Waals surface area contributed by atoms with E-state index in [0.717, 1.165) is 11.3 Å². The van der Waals surface area contributed by atoms with Gasteiger partial charge in [0.1, 0.15) is 11.5 Å². The number of carbonyl (C=O) groups is 1. The van der Waals surface area contributed by atoms with Crippen LogP contribution in [0, 0.1) is 0 Å². The molecule has 0 fully saturated rings. The fraction of sp³-hybridized carbons (Fsp3) is 0.0952. The summed E-state index contributed by atoms with van der Waals surface area (Å²) in [5, 5.41) is 21.6. The third-order valence-electron chi connectivity index (χ3n) is 3.83. The van der Waals surface area contributed by atoms with Crippen molar-refractivity contribution >= 4 is 5.91 Å². The summed E-state index contributed by atoms with van der Waals surface area (Å²) in [6.07, 6.45) is 0.550. The zero-order valence-corrected chi connectivity index (χ0v) is 14.1. The molecule has 0 atom stereocenters. The van der Waals surface area contributed by atoms with E-state index < -0.39 is 0 Å². The molecule has 3 aromatic carbocycles. The molecule has 0 saturated carbocycles. The van der Waals surface area contributed by atoms with Crippen LogP contribution in [0.15, 0.2) is 72.8 Å². The monoisotopic (exact) mass is 349 g/mol. The van der Waals surface area contributed by atoms with Gasteiger partial charge in [-0.15, -0.1) is 0 Å². The van der Waals surface area contributed by atoms with E-state index in [0.29, 0.717) is 24.3 Å². The Hall–Kier alpha value is -3.47. The SMILES string of the molecule is O=C(NCCc1ccc(O)c(O)c1)c1ccc(Oc2ccccc2)cc1. The largest absolute Gasteiger partial charge is 0.504 e. The van der Waals surface area contributed by atoms with Crippen molar-refractivity contribution in [3.63, 3.8) is 0 Å². The van der Waals surface area contributed by atoms with Crippen LogP contribution in [0.3, 0.4) is 0 Å². The van der Waals surface area contributed by atoms with E-state index in [1.165, 1.54) is 12.1 Å². The Kier molecular flexibility index (Phi) is 5.39. The van der Waals surface area contributed by atoms with Gasteiger partial charge >= 0.3 is 0 Å². The summed E-state index contributed by atoms with van der Waals surface area (Å²) in [6, 6.07) is 21.0. The lowest BCUT2D eigenvalue weighted by Crippen LogP contribution is -2.25. The topological polar surface area (TPSA) is 78.8 Å². The highest BCUT2D eigenvalue weighted by Crippen LogP contribution is 2.25. The normalized spacial score (nSPS) is 10.3. The average Bonchev–Trinajstić information content (AvgIpc) is 2.66. The number of carbonyl (C=O) groups excluding carboxylic acids is 1. The molecule has 0 aliphatic carbocycles. The van der Waals surface area contributed by atoms with Gasteiger partial charge in [0, 0.05) is 12.1 Å². The molecule has 0 aliphatic rings.